The summed E-state index contributed by atoms with van der Waals surface area (Å²) in [6.07, 6.45) is 0.637. The van der Waals surface area contributed by atoms with Gasteiger partial charge in [-0.3, -0.25) is 9.59 Å². The van der Waals surface area contributed by atoms with Crippen molar-refractivity contribution in [2.75, 3.05) is 17.0 Å². The predicted octanol–water partition coefficient (Wildman–Crippen LogP) is 3.14. The van der Waals surface area contributed by atoms with E-state index in [0.717, 1.165) is 11.3 Å². The second kappa shape index (κ2) is 6.66. The van der Waals surface area contributed by atoms with Crippen LogP contribution in [-0.2, 0) is 9.59 Å². The first-order valence-corrected chi connectivity index (χ1v) is 7.86. The molecule has 0 aliphatic carbocycles. The lowest BCUT2D eigenvalue weighted by molar-refractivity contribution is -0.118. The SMILES string of the molecule is Cc1cccc(N2N=C(C(=O)N(C)c3ccccc3)CCC2=O)c1. The molecule has 0 saturated heterocycles. The van der Waals surface area contributed by atoms with Gasteiger partial charge in [0.1, 0.15) is 5.71 Å². The van der Waals surface area contributed by atoms with Crippen molar-refractivity contribution in [1.29, 1.82) is 0 Å². The van der Waals surface area contributed by atoms with E-state index < -0.39 is 0 Å². The van der Waals surface area contributed by atoms with Gasteiger partial charge < -0.3 is 4.90 Å². The van der Waals surface area contributed by atoms with Gasteiger partial charge in [-0.25, -0.2) is 5.01 Å². The number of anilines is 2. The van der Waals surface area contributed by atoms with Crippen molar-refractivity contribution in [2.45, 2.75) is 19.8 Å². The number of amides is 2. The molecule has 1 heterocycles. The van der Waals surface area contributed by atoms with Crippen LogP contribution in [0.5, 0.6) is 0 Å². The van der Waals surface area contributed by atoms with Crippen LogP contribution in [0.3, 0.4) is 0 Å². The minimum atomic E-state index is -0.189. The van der Waals surface area contributed by atoms with Gasteiger partial charge in [0.25, 0.3) is 5.91 Å². The van der Waals surface area contributed by atoms with Gasteiger partial charge in [0.05, 0.1) is 5.69 Å². The van der Waals surface area contributed by atoms with Crippen molar-refractivity contribution >= 4 is 28.9 Å². The Morgan fingerprint density at radius 1 is 1.08 bits per heavy atom. The van der Waals surface area contributed by atoms with Gasteiger partial charge in [-0.1, -0.05) is 30.3 Å². The molecule has 24 heavy (non-hydrogen) atoms. The van der Waals surface area contributed by atoms with Gasteiger partial charge in [0.15, 0.2) is 0 Å². The number of aryl methyl sites for hydroxylation is 1. The summed E-state index contributed by atoms with van der Waals surface area (Å²) in [5, 5.41) is 5.67. The summed E-state index contributed by atoms with van der Waals surface area (Å²) in [4.78, 5) is 26.5. The van der Waals surface area contributed by atoms with Crippen LogP contribution in [0.1, 0.15) is 18.4 Å². The minimum Gasteiger partial charge on any atom is -0.310 e. The fourth-order valence-electron chi connectivity index (χ4n) is 2.63. The average molecular weight is 321 g/mol. The molecule has 0 atom stereocenters. The Bertz CT molecular complexity index is 799. The molecule has 0 spiro atoms. The summed E-state index contributed by atoms with van der Waals surface area (Å²) >= 11 is 0. The van der Waals surface area contributed by atoms with E-state index in [9.17, 15) is 9.59 Å². The maximum Gasteiger partial charge on any atom is 0.274 e. The topological polar surface area (TPSA) is 53.0 Å². The van der Waals surface area contributed by atoms with E-state index in [-0.39, 0.29) is 18.2 Å². The monoisotopic (exact) mass is 321 g/mol. The number of para-hydroxylation sites is 1. The summed E-state index contributed by atoms with van der Waals surface area (Å²) < 4.78 is 0. The molecule has 5 heteroatoms. The molecule has 2 aromatic rings. The highest BCUT2D eigenvalue weighted by atomic mass is 16.2. The standard InChI is InChI=1S/C19H19N3O2/c1-14-7-6-10-16(13-14)22-18(23)12-11-17(20-22)19(24)21(2)15-8-4-3-5-9-15/h3-10,13H,11-12H2,1-2H3. The lowest BCUT2D eigenvalue weighted by Gasteiger charge is -2.25. The van der Waals surface area contributed by atoms with Gasteiger partial charge >= 0.3 is 0 Å². The van der Waals surface area contributed by atoms with E-state index in [1.165, 1.54) is 5.01 Å². The van der Waals surface area contributed by atoms with Crippen LogP contribution in [0, 0.1) is 6.92 Å². The van der Waals surface area contributed by atoms with Crippen molar-refractivity contribution in [3.8, 4) is 0 Å². The van der Waals surface area contributed by atoms with Crippen LogP contribution >= 0.6 is 0 Å². The molecule has 122 valence electrons. The average Bonchev–Trinajstić information content (AvgIpc) is 2.61. The fourth-order valence-corrected chi connectivity index (χ4v) is 2.63. The summed E-state index contributed by atoms with van der Waals surface area (Å²) in [6, 6.07) is 16.9. The zero-order chi connectivity index (χ0) is 17.1. The highest BCUT2D eigenvalue weighted by Crippen LogP contribution is 2.22. The van der Waals surface area contributed by atoms with E-state index in [2.05, 4.69) is 5.10 Å². The normalized spacial score (nSPS) is 14.3. The number of hydrogen-bond donors (Lipinski definition) is 0. The number of benzene rings is 2. The van der Waals surface area contributed by atoms with Crippen LogP contribution in [0.4, 0.5) is 11.4 Å². The molecule has 3 rings (SSSR count). The molecule has 5 nitrogen and oxygen atoms in total. The van der Waals surface area contributed by atoms with E-state index in [1.54, 1.807) is 11.9 Å². The van der Waals surface area contributed by atoms with E-state index in [1.807, 2.05) is 61.5 Å². The molecule has 1 aliphatic heterocycles. The van der Waals surface area contributed by atoms with Crippen molar-refractivity contribution < 1.29 is 9.59 Å². The van der Waals surface area contributed by atoms with Gasteiger partial charge in [0.2, 0.25) is 5.91 Å². The van der Waals surface area contributed by atoms with Crippen molar-refractivity contribution in [3.63, 3.8) is 0 Å². The quantitative estimate of drug-likeness (QED) is 0.872. The van der Waals surface area contributed by atoms with Crippen LogP contribution in [0.25, 0.3) is 0 Å². The number of hydrogen-bond acceptors (Lipinski definition) is 3. The first kappa shape index (κ1) is 15.9. The Kier molecular flexibility index (Phi) is 4.42. The Hall–Kier alpha value is -2.95. The molecule has 0 N–H and O–H groups in total. The summed E-state index contributed by atoms with van der Waals surface area (Å²) in [5.74, 6) is -0.286. The van der Waals surface area contributed by atoms with Crippen LogP contribution in [-0.4, -0.2) is 24.6 Å². The van der Waals surface area contributed by atoms with Crippen molar-refractivity contribution in [1.82, 2.24) is 0 Å². The maximum atomic E-state index is 12.7. The summed E-state index contributed by atoms with van der Waals surface area (Å²) in [6.45, 7) is 1.96. The maximum absolute atomic E-state index is 12.7. The zero-order valence-electron chi connectivity index (χ0n) is 13.8. The molecular formula is C19H19N3O2. The zero-order valence-corrected chi connectivity index (χ0v) is 13.8. The fraction of sp³-hybridized carbons (Fsp3) is 0.211. The largest absolute Gasteiger partial charge is 0.310 e. The number of hydrazone groups is 1. The highest BCUT2D eigenvalue weighted by molar-refractivity contribution is 6.44. The van der Waals surface area contributed by atoms with Gasteiger partial charge in [-0.15, -0.1) is 0 Å². The Morgan fingerprint density at radius 2 is 1.83 bits per heavy atom. The molecule has 2 aromatic carbocycles. The minimum absolute atomic E-state index is 0.0977. The predicted molar refractivity (Wildman–Crippen MR) is 95.2 cm³/mol. The molecule has 0 radical (unpaired) electrons. The molecule has 0 fully saturated rings. The third-order valence-electron chi connectivity index (χ3n) is 3.97. The van der Waals surface area contributed by atoms with Gasteiger partial charge in [0, 0.05) is 25.6 Å². The molecule has 1 aliphatic rings. The highest BCUT2D eigenvalue weighted by Gasteiger charge is 2.27. The van der Waals surface area contributed by atoms with Gasteiger partial charge in [-0.2, -0.15) is 5.10 Å². The molecule has 0 saturated carbocycles. The van der Waals surface area contributed by atoms with Crippen molar-refractivity contribution in [3.05, 3.63) is 60.2 Å². The van der Waals surface area contributed by atoms with Crippen LogP contribution in [0.15, 0.2) is 59.7 Å². The molecule has 0 bridgehead atoms. The van der Waals surface area contributed by atoms with E-state index >= 15 is 0 Å². The number of nitrogens with zero attached hydrogens (tertiary/aromatic N) is 3. The van der Waals surface area contributed by atoms with Crippen LogP contribution < -0.4 is 9.91 Å². The van der Waals surface area contributed by atoms with Gasteiger partial charge in [-0.05, 0) is 36.8 Å². The Labute approximate surface area is 141 Å². The van der Waals surface area contributed by atoms with E-state index in [4.69, 9.17) is 0 Å². The van der Waals surface area contributed by atoms with E-state index in [0.29, 0.717) is 17.8 Å². The number of carbonyl (C=O) groups excluding carboxylic acids is 2. The number of carbonyl (C=O) groups is 2. The molecular weight excluding hydrogens is 302 g/mol. The third kappa shape index (κ3) is 3.20. The first-order valence-electron chi connectivity index (χ1n) is 7.86. The second-order valence-corrected chi connectivity index (χ2v) is 5.79. The smallest absolute Gasteiger partial charge is 0.274 e. The Morgan fingerprint density at radius 3 is 2.54 bits per heavy atom. The first-order chi connectivity index (χ1) is 11.6. The summed E-state index contributed by atoms with van der Waals surface area (Å²) in [7, 11) is 1.72. The lowest BCUT2D eigenvalue weighted by Crippen LogP contribution is -2.40. The second-order valence-electron chi connectivity index (χ2n) is 5.79. The van der Waals surface area contributed by atoms with Crippen LogP contribution in [0.2, 0.25) is 0 Å². The summed E-state index contributed by atoms with van der Waals surface area (Å²) in [5.41, 5.74) is 2.91. The number of rotatable bonds is 3. The lowest BCUT2D eigenvalue weighted by atomic mass is 10.1. The van der Waals surface area contributed by atoms with Crippen molar-refractivity contribution in [2.24, 2.45) is 5.10 Å². The molecule has 0 unspecified atom stereocenters. The third-order valence-corrected chi connectivity index (χ3v) is 3.97. The Balaban J connectivity index is 1.89. The molecule has 2 amide bonds. The molecule has 0 aromatic heterocycles.